The molecular formula is C8H12N2O2. The van der Waals surface area contributed by atoms with Gasteiger partial charge in [-0.05, 0) is 13.8 Å². The van der Waals surface area contributed by atoms with Crippen LogP contribution in [0.2, 0.25) is 0 Å². The van der Waals surface area contributed by atoms with E-state index in [2.05, 4.69) is 5.10 Å². The molecule has 1 aromatic rings. The summed E-state index contributed by atoms with van der Waals surface area (Å²) in [4.78, 5) is 10.9. The minimum atomic E-state index is -0.216. The van der Waals surface area contributed by atoms with Gasteiger partial charge in [-0.3, -0.25) is 9.48 Å². The molecule has 12 heavy (non-hydrogen) atoms. The molecule has 0 spiro atoms. The number of aromatic nitrogens is 2. The molecule has 0 radical (unpaired) electrons. The Morgan fingerprint density at radius 3 is 2.50 bits per heavy atom. The maximum absolute atomic E-state index is 10.9. The molecule has 0 amide bonds. The maximum atomic E-state index is 10.9. The van der Waals surface area contributed by atoms with Crippen molar-refractivity contribution in [3.05, 3.63) is 11.9 Å². The topological polar surface area (TPSA) is 55.1 Å². The number of hydrogen-bond acceptors (Lipinski definition) is 3. The third-order valence-electron chi connectivity index (χ3n) is 1.58. The molecule has 0 bridgehead atoms. The number of aromatic hydroxyl groups is 1. The van der Waals surface area contributed by atoms with E-state index in [-0.39, 0.29) is 23.3 Å². The molecule has 0 saturated heterocycles. The molecule has 1 heterocycles. The summed E-state index contributed by atoms with van der Waals surface area (Å²) in [5.41, 5.74) is 0.142. The molecule has 1 aromatic heterocycles. The second-order valence-corrected chi connectivity index (χ2v) is 2.99. The monoisotopic (exact) mass is 168 g/mol. The quantitative estimate of drug-likeness (QED) is 0.678. The molecule has 0 unspecified atom stereocenters. The van der Waals surface area contributed by atoms with Crippen LogP contribution in [0, 0.1) is 0 Å². The van der Waals surface area contributed by atoms with Crippen molar-refractivity contribution in [2.75, 3.05) is 0 Å². The van der Waals surface area contributed by atoms with E-state index in [9.17, 15) is 9.90 Å². The van der Waals surface area contributed by atoms with E-state index in [0.29, 0.717) is 0 Å². The number of nitrogens with zero attached hydrogens (tertiary/aromatic N) is 2. The fourth-order valence-corrected chi connectivity index (χ4v) is 0.897. The van der Waals surface area contributed by atoms with Crippen molar-refractivity contribution in [3.8, 4) is 5.75 Å². The predicted molar refractivity (Wildman–Crippen MR) is 44.3 cm³/mol. The standard InChI is InChI=1S/C8H12N2O2/c1-5(2)10-4-7(12)8(9-10)6(3)11/h4-5,12H,1-3H3. The van der Waals surface area contributed by atoms with Gasteiger partial charge >= 0.3 is 0 Å². The lowest BCUT2D eigenvalue weighted by molar-refractivity contribution is 0.100. The zero-order chi connectivity index (χ0) is 9.30. The third-order valence-corrected chi connectivity index (χ3v) is 1.58. The number of rotatable bonds is 2. The van der Waals surface area contributed by atoms with Gasteiger partial charge < -0.3 is 5.11 Å². The first-order valence-electron chi connectivity index (χ1n) is 3.81. The lowest BCUT2D eigenvalue weighted by Gasteiger charge is -2.02. The van der Waals surface area contributed by atoms with E-state index in [1.54, 1.807) is 4.68 Å². The summed E-state index contributed by atoms with van der Waals surface area (Å²) in [5, 5.41) is 13.2. The van der Waals surface area contributed by atoms with Gasteiger partial charge in [0.05, 0.1) is 6.20 Å². The maximum Gasteiger partial charge on any atom is 0.183 e. The Morgan fingerprint density at radius 1 is 1.67 bits per heavy atom. The molecule has 0 saturated carbocycles. The number of ketones is 1. The van der Waals surface area contributed by atoms with Crippen molar-refractivity contribution in [2.45, 2.75) is 26.8 Å². The summed E-state index contributed by atoms with van der Waals surface area (Å²) in [6.07, 6.45) is 1.46. The molecule has 1 rings (SSSR count). The molecular weight excluding hydrogens is 156 g/mol. The van der Waals surface area contributed by atoms with E-state index in [1.807, 2.05) is 13.8 Å². The van der Waals surface area contributed by atoms with Crippen LogP contribution in [0.1, 0.15) is 37.3 Å². The molecule has 0 aliphatic heterocycles. The summed E-state index contributed by atoms with van der Waals surface area (Å²) in [7, 11) is 0. The zero-order valence-electron chi connectivity index (χ0n) is 7.40. The largest absolute Gasteiger partial charge is 0.504 e. The molecule has 0 atom stereocenters. The Balaban J connectivity index is 3.09. The molecule has 1 N–H and O–H groups in total. The van der Waals surface area contributed by atoms with Crippen molar-refractivity contribution in [1.29, 1.82) is 0 Å². The fourth-order valence-electron chi connectivity index (χ4n) is 0.897. The van der Waals surface area contributed by atoms with Crippen molar-refractivity contribution < 1.29 is 9.90 Å². The van der Waals surface area contributed by atoms with Crippen LogP contribution in [-0.2, 0) is 0 Å². The molecule has 0 aliphatic rings. The van der Waals surface area contributed by atoms with Crippen LogP contribution in [0.5, 0.6) is 5.75 Å². The highest BCUT2D eigenvalue weighted by atomic mass is 16.3. The van der Waals surface area contributed by atoms with Gasteiger partial charge in [0.25, 0.3) is 0 Å². The van der Waals surface area contributed by atoms with E-state index in [4.69, 9.17) is 0 Å². The van der Waals surface area contributed by atoms with Crippen LogP contribution in [0.4, 0.5) is 0 Å². The zero-order valence-corrected chi connectivity index (χ0v) is 7.40. The Labute approximate surface area is 70.8 Å². The molecule has 0 aliphatic carbocycles. The van der Waals surface area contributed by atoms with Gasteiger partial charge in [0.15, 0.2) is 17.2 Å². The molecule has 4 nitrogen and oxygen atoms in total. The normalized spacial score (nSPS) is 10.7. The van der Waals surface area contributed by atoms with Crippen LogP contribution in [0.15, 0.2) is 6.20 Å². The van der Waals surface area contributed by atoms with Gasteiger partial charge in [0, 0.05) is 13.0 Å². The van der Waals surface area contributed by atoms with E-state index >= 15 is 0 Å². The number of hydrogen-bond donors (Lipinski definition) is 1. The van der Waals surface area contributed by atoms with E-state index in [1.165, 1.54) is 13.1 Å². The van der Waals surface area contributed by atoms with Gasteiger partial charge in [0.2, 0.25) is 0 Å². The van der Waals surface area contributed by atoms with Crippen LogP contribution in [-0.4, -0.2) is 20.7 Å². The smallest absolute Gasteiger partial charge is 0.183 e. The number of carbonyl (C=O) groups excluding carboxylic acids is 1. The summed E-state index contributed by atoms with van der Waals surface area (Å²) >= 11 is 0. The summed E-state index contributed by atoms with van der Waals surface area (Å²) < 4.78 is 1.56. The van der Waals surface area contributed by atoms with E-state index < -0.39 is 0 Å². The van der Waals surface area contributed by atoms with Crippen molar-refractivity contribution in [2.24, 2.45) is 0 Å². The summed E-state index contributed by atoms with van der Waals surface area (Å²) in [6, 6.07) is 0.156. The lowest BCUT2D eigenvalue weighted by atomic mass is 10.3. The van der Waals surface area contributed by atoms with Crippen LogP contribution < -0.4 is 0 Å². The van der Waals surface area contributed by atoms with Crippen molar-refractivity contribution in [3.63, 3.8) is 0 Å². The lowest BCUT2D eigenvalue weighted by Crippen LogP contribution is -2.03. The summed E-state index contributed by atoms with van der Waals surface area (Å²) in [6.45, 7) is 5.24. The SMILES string of the molecule is CC(=O)c1nn(C(C)C)cc1O. The Morgan fingerprint density at radius 2 is 2.25 bits per heavy atom. The highest BCUT2D eigenvalue weighted by molar-refractivity contribution is 5.94. The Hall–Kier alpha value is -1.32. The number of carbonyl (C=O) groups is 1. The second kappa shape index (κ2) is 2.97. The molecule has 66 valence electrons. The average Bonchev–Trinajstić information content (AvgIpc) is 2.30. The molecule has 4 heteroatoms. The molecule has 0 fully saturated rings. The van der Waals surface area contributed by atoms with Crippen LogP contribution in [0.3, 0.4) is 0 Å². The molecule has 0 aromatic carbocycles. The number of Topliss-reactive ketones (excluding diaryl/α,β-unsaturated/α-hetero) is 1. The van der Waals surface area contributed by atoms with Gasteiger partial charge in [0.1, 0.15) is 0 Å². The highest BCUT2D eigenvalue weighted by Crippen LogP contribution is 2.17. The average molecular weight is 168 g/mol. The first-order chi connectivity index (χ1) is 5.52. The van der Waals surface area contributed by atoms with Gasteiger partial charge in [-0.15, -0.1) is 0 Å². The first-order valence-corrected chi connectivity index (χ1v) is 3.81. The Kier molecular flexibility index (Phi) is 2.17. The van der Waals surface area contributed by atoms with Gasteiger partial charge in [-0.2, -0.15) is 5.10 Å². The van der Waals surface area contributed by atoms with E-state index in [0.717, 1.165) is 0 Å². The fraction of sp³-hybridized carbons (Fsp3) is 0.500. The first kappa shape index (κ1) is 8.77. The summed E-state index contributed by atoms with van der Waals surface area (Å²) in [5.74, 6) is -0.261. The predicted octanol–water partition coefficient (Wildman–Crippen LogP) is 1.37. The van der Waals surface area contributed by atoms with Crippen molar-refractivity contribution in [1.82, 2.24) is 9.78 Å². The third kappa shape index (κ3) is 1.47. The van der Waals surface area contributed by atoms with Gasteiger partial charge in [-0.25, -0.2) is 0 Å². The minimum absolute atomic E-state index is 0.0452. The highest BCUT2D eigenvalue weighted by Gasteiger charge is 2.12. The van der Waals surface area contributed by atoms with Crippen LogP contribution in [0.25, 0.3) is 0 Å². The second-order valence-electron chi connectivity index (χ2n) is 2.99. The minimum Gasteiger partial charge on any atom is -0.504 e. The van der Waals surface area contributed by atoms with Gasteiger partial charge in [-0.1, -0.05) is 0 Å². The Bertz CT molecular complexity index is 302. The van der Waals surface area contributed by atoms with Crippen molar-refractivity contribution >= 4 is 5.78 Å². The van der Waals surface area contributed by atoms with Crippen LogP contribution >= 0.6 is 0 Å².